The van der Waals surface area contributed by atoms with Crippen molar-refractivity contribution in [1.82, 2.24) is 0 Å². The molecule has 0 aliphatic carbocycles. The zero-order valence-corrected chi connectivity index (χ0v) is 11.6. The molecule has 0 radical (unpaired) electrons. The Morgan fingerprint density at radius 1 is 1.21 bits per heavy atom. The van der Waals surface area contributed by atoms with Crippen molar-refractivity contribution in [1.29, 1.82) is 0 Å². The summed E-state index contributed by atoms with van der Waals surface area (Å²) in [7, 11) is 0. The number of halogens is 2. The van der Waals surface area contributed by atoms with E-state index in [1.807, 2.05) is 0 Å². The van der Waals surface area contributed by atoms with Crippen LogP contribution in [0.4, 0.5) is 10.1 Å². The Labute approximate surface area is 118 Å². The molecule has 0 aliphatic heterocycles. The average molecular weight is 323 g/mol. The number of rotatable bonds is 3. The highest BCUT2D eigenvalue weighted by atomic mass is 79.9. The zero-order chi connectivity index (χ0) is 13.8. The molecule has 0 aliphatic rings. The average Bonchev–Trinajstić information content (AvgIpc) is 2.43. The van der Waals surface area contributed by atoms with Crippen LogP contribution in [0, 0.1) is 5.82 Å². The van der Waals surface area contributed by atoms with Gasteiger partial charge in [-0.05, 0) is 45.8 Å². The summed E-state index contributed by atoms with van der Waals surface area (Å²) < 4.78 is 14.1. The van der Waals surface area contributed by atoms with E-state index in [0.717, 1.165) is 5.56 Å². The first-order valence-corrected chi connectivity index (χ1v) is 6.45. The van der Waals surface area contributed by atoms with E-state index >= 15 is 0 Å². The fourth-order valence-corrected chi connectivity index (χ4v) is 2.04. The molecule has 1 amide bonds. The summed E-state index contributed by atoms with van der Waals surface area (Å²) in [5, 5.41) is 2.54. The Hall–Kier alpha value is -1.72. The van der Waals surface area contributed by atoms with Gasteiger partial charge >= 0.3 is 0 Å². The molecule has 2 aromatic rings. The first-order valence-electron chi connectivity index (χ1n) is 5.66. The van der Waals surface area contributed by atoms with Gasteiger partial charge in [0.15, 0.2) is 0 Å². The highest BCUT2D eigenvalue weighted by Gasteiger charge is 2.11. The highest BCUT2D eigenvalue weighted by Crippen LogP contribution is 2.25. The van der Waals surface area contributed by atoms with Crippen molar-refractivity contribution in [3.05, 3.63) is 63.9 Å². The highest BCUT2D eigenvalue weighted by molar-refractivity contribution is 9.10. The van der Waals surface area contributed by atoms with Gasteiger partial charge in [0.25, 0.3) is 5.91 Å². The van der Waals surface area contributed by atoms with Crippen LogP contribution in [-0.4, -0.2) is 5.91 Å². The number of carbonyl (C=O) groups is 1. The summed E-state index contributed by atoms with van der Waals surface area (Å²) in [5.41, 5.74) is 7.00. The van der Waals surface area contributed by atoms with Crippen molar-refractivity contribution < 1.29 is 9.18 Å². The summed E-state index contributed by atoms with van der Waals surface area (Å²) >= 11 is 3.20. The van der Waals surface area contributed by atoms with Crippen LogP contribution in [0.3, 0.4) is 0 Å². The number of amides is 1. The molecule has 0 saturated heterocycles. The van der Waals surface area contributed by atoms with Gasteiger partial charge in [-0.1, -0.05) is 18.2 Å². The van der Waals surface area contributed by atoms with Crippen molar-refractivity contribution in [2.24, 2.45) is 5.73 Å². The Morgan fingerprint density at radius 3 is 2.47 bits per heavy atom. The molecule has 0 atom stereocenters. The molecule has 98 valence electrons. The van der Waals surface area contributed by atoms with Gasteiger partial charge in [0.05, 0.1) is 5.69 Å². The van der Waals surface area contributed by atoms with Gasteiger partial charge in [0.2, 0.25) is 0 Å². The number of nitrogens with one attached hydrogen (secondary N) is 1. The van der Waals surface area contributed by atoms with Crippen molar-refractivity contribution in [2.75, 3.05) is 5.32 Å². The molecule has 3 nitrogen and oxygen atoms in total. The summed E-state index contributed by atoms with van der Waals surface area (Å²) in [6, 6.07) is 11.4. The van der Waals surface area contributed by atoms with E-state index in [0.29, 0.717) is 16.6 Å². The second-order valence-corrected chi connectivity index (χ2v) is 4.81. The number of nitrogens with two attached hydrogens (primary N) is 1. The molecule has 0 heterocycles. The second kappa shape index (κ2) is 5.95. The summed E-state index contributed by atoms with van der Waals surface area (Å²) in [5.74, 6) is -0.851. The van der Waals surface area contributed by atoms with Crippen molar-refractivity contribution >= 4 is 27.5 Å². The third kappa shape index (κ3) is 3.19. The Balaban J connectivity index is 2.20. The van der Waals surface area contributed by atoms with E-state index in [-0.39, 0.29) is 11.6 Å². The summed E-state index contributed by atoms with van der Waals surface area (Å²) in [6.45, 7) is 0.417. The maximum Gasteiger partial charge on any atom is 0.255 e. The van der Waals surface area contributed by atoms with Crippen LogP contribution in [0.2, 0.25) is 0 Å². The summed E-state index contributed by atoms with van der Waals surface area (Å²) in [6.07, 6.45) is 0. The molecule has 0 spiro atoms. The predicted octanol–water partition coefficient (Wildman–Crippen LogP) is 3.30. The van der Waals surface area contributed by atoms with Crippen LogP contribution in [0.15, 0.2) is 46.9 Å². The first-order chi connectivity index (χ1) is 9.11. The van der Waals surface area contributed by atoms with Crippen LogP contribution >= 0.6 is 15.9 Å². The minimum atomic E-state index is -0.485. The smallest absolute Gasteiger partial charge is 0.255 e. The van der Waals surface area contributed by atoms with E-state index in [1.54, 1.807) is 36.4 Å². The lowest BCUT2D eigenvalue weighted by molar-refractivity contribution is 0.102. The number of carbonyl (C=O) groups excluding carboxylic acids is 1. The molecule has 19 heavy (non-hydrogen) atoms. The molecule has 0 aromatic heterocycles. The number of anilines is 1. The van der Waals surface area contributed by atoms with Gasteiger partial charge < -0.3 is 11.1 Å². The van der Waals surface area contributed by atoms with Gasteiger partial charge in [-0.3, -0.25) is 4.79 Å². The standard InChI is InChI=1S/C14H12BrFN2O/c15-11-2-1-3-12(16)13(11)18-14(19)10-6-4-9(8-17)5-7-10/h1-7H,8,17H2,(H,18,19). The molecule has 0 fully saturated rings. The molecule has 0 saturated carbocycles. The second-order valence-electron chi connectivity index (χ2n) is 3.95. The van der Waals surface area contributed by atoms with Crippen molar-refractivity contribution in [3.8, 4) is 0 Å². The van der Waals surface area contributed by atoms with Gasteiger partial charge in [-0.2, -0.15) is 0 Å². The predicted molar refractivity (Wildman–Crippen MR) is 76.4 cm³/mol. The lowest BCUT2D eigenvalue weighted by atomic mass is 10.1. The van der Waals surface area contributed by atoms with Gasteiger partial charge in [0, 0.05) is 16.6 Å². The first kappa shape index (κ1) is 13.7. The molecule has 3 N–H and O–H groups in total. The molecule has 5 heteroatoms. The number of hydrogen-bond acceptors (Lipinski definition) is 2. The fraction of sp³-hybridized carbons (Fsp3) is 0.0714. The quantitative estimate of drug-likeness (QED) is 0.911. The fourth-order valence-electron chi connectivity index (χ4n) is 1.60. The van der Waals surface area contributed by atoms with E-state index in [4.69, 9.17) is 5.73 Å². The van der Waals surface area contributed by atoms with Crippen LogP contribution in [-0.2, 0) is 6.54 Å². The lowest BCUT2D eigenvalue weighted by Gasteiger charge is -2.08. The SMILES string of the molecule is NCc1ccc(C(=O)Nc2c(F)cccc2Br)cc1. The molecular formula is C14H12BrFN2O. The monoisotopic (exact) mass is 322 g/mol. The van der Waals surface area contributed by atoms with Crippen LogP contribution in [0.25, 0.3) is 0 Å². The van der Waals surface area contributed by atoms with Gasteiger partial charge in [-0.15, -0.1) is 0 Å². The van der Waals surface area contributed by atoms with E-state index in [9.17, 15) is 9.18 Å². The normalized spacial score (nSPS) is 10.3. The lowest BCUT2D eigenvalue weighted by Crippen LogP contribution is -2.13. The van der Waals surface area contributed by atoms with Crippen molar-refractivity contribution in [2.45, 2.75) is 6.54 Å². The number of para-hydroxylation sites is 1. The molecular weight excluding hydrogens is 311 g/mol. The topological polar surface area (TPSA) is 55.1 Å². The van der Waals surface area contributed by atoms with E-state index in [2.05, 4.69) is 21.2 Å². The maximum absolute atomic E-state index is 13.6. The van der Waals surface area contributed by atoms with Crippen molar-refractivity contribution in [3.63, 3.8) is 0 Å². The van der Waals surface area contributed by atoms with Gasteiger partial charge in [-0.25, -0.2) is 4.39 Å². The number of hydrogen-bond donors (Lipinski definition) is 2. The minimum absolute atomic E-state index is 0.135. The van der Waals surface area contributed by atoms with E-state index < -0.39 is 5.82 Å². The molecule has 2 rings (SSSR count). The Kier molecular flexibility index (Phi) is 4.29. The van der Waals surface area contributed by atoms with E-state index in [1.165, 1.54) is 6.07 Å². The van der Waals surface area contributed by atoms with Crippen LogP contribution < -0.4 is 11.1 Å². The molecule has 0 bridgehead atoms. The van der Waals surface area contributed by atoms with Gasteiger partial charge in [0.1, 0.15) is 5.82 Å². The zero-order valence-electron chi connectivity index (χ0n) is 9.99. The van der Waals surface area contributed by atoms with Crippen LogP contribution in [0.5, 0.6) is 0 Å². The summed E-state index contributed by atoms with van der Waals surface area (Å²) in [4.78, 5) is 12.0. The largest absolute Gasteiger partial charge is 0.326 e. The molecule has 0 unspecified atom stereocenters. The van der Waals surface area contributed by atoms with Crippen LogP contribution in [0.1, 0.15) is 15.9 Å². The third-order valence-corrected chi connectivity index (χ3v) is 3.31. The number of benzene rings is 2. The Morgan fingerprint density at radius 2 is 1.89 bits per heavy atom. The third-order valence-electron chi connectivity index (χ3n) is 2.65. The molecule has 2 aromatic carbocycles. The minimum Gasteiger partial charge on any atom is -0.326 e. The Bertz CT molecular complexity index is 579. The maximum atomic E-state index is 13.6.